The highest BCUT2D eigenvalue weighted by Crippen LogP contribution is 2.40. The molecule has 0 atom stereocenters. The molecule has 1 aliphatic rings. The Bertz CT molecular complexity index is 3500. The van der Waals surface area contributed by atoms with Gasteiger partial charge in [0.1, 0.15) is 36.4 Å². The van der Waals surface area contributed by atoms with Crippen LogP contribution in [0.15, 0.2) is 175 Å². The van der Waals surface area contributed by atoms with Gasteiger partial charge in [-0.25, -0.2) is 4.90 Å². The van der Waals surface area contributed by atoms with E-state index in [4.69, 9.17) is 0 Å². The number of aromatic nitrogens is 2. The van der Waals surface area contributed by atoms with Gasteiger partial charge >= 0.3 is 11.9 Å². The summed E-state index contributed by atoms with van der Waals surface area (Å²) in [4.78, 5) is 76.3. The van der Waals surface area contributed by atoms with Crippen molar-refractivity contribution in [1.29, 1.82) is 10.5 Å². The van der Waals surface area contributed by atoms with E-state index in [1.807, 2.05) is 30.3 Å². The molecule has 9 rings (SSSR count). The number of carbonyl (C=O) groups excluding carboxylic acids is 4. The van der Waals surface area contributed by atoms with Gasteiger partial charge < -0.3 is 24.7 Å². The van der Waals surface area contributed by atoms with Crippen LogP contribution in [-0.2, 0) is 32.3 Å². The predicted molar refractivity (Wildman–Crippen MR) is 255 cm³/mol. The predicted octanol–water partition coefficient (Wildman–Crippen LogP) is 8.99. The number of carboxylic acid groups (broad SMARTS) is 2. The van der Waals surface area contributed by atoms with Crippen molar-refractivity contribution in [2.45, 2.75) is 13.1 Å². The first-order valence-electron chi connectivity index (χ1n) is 20.9. The molecule has 2 aromatic heterocycles. The lowest BCUT2D eigenvalue weighted by atomic mass is 10.0. The molecule has 0 saturated carbocycles. The molecule has 0 spiro atoms. The highest BCUT2D eigenvalue weighted by Gasteiger charge is 2.30. The number of nitrogens with zero attached hydrogens (tertiary/aromatic N) is 5. The zero-order valence-electron chi connectivity index (χ0n) is 35.7. The Kier molecular flexibility index (Phi) is 12.8. The van der Waals surface area contributed by atoms with Crippen LogP contribution in [0.1, 0.15) is 37.4 Å². The van der Waals surface area contributed by atoms with E-state index in [2.05, 4.69) is 5.32 Å². The maximum atomic E-state index is 13.5. The number of rotatable bonds is 11. The molecule has 8 aromatic rings. The number of ketones is 1. The fourth-order valence-electron chi connectivity index (χ4n) is 8.03. The van der Waals surface area contributed by atoms with Gasteiger partial charge in [0, 0.05) is 56.5 Å². The molecule has 0 aliphatic heterocycles. The normalized spacial score (nSPS) is 11.6. The number of imide groups is 1. The van der Waals surface area contributed by atoms with Crippen LogP contribution in [0.25, 0.3) is 45.1 Å². The van der Waals surface area contributed by atoms with E-state index in [1.54, 1.807) is 150 Å². The van der Waals surface area contributed by atoms with Crippen LogP contribution in [0, 0.1) is 22.7 Å². The summed E-state index contributed by atoms with van der Waals surface area (Å²) >= 11 is 0. The minimum atomic E-state index is -1.02. The number of carboxylic acids is 2. The van der Waals surface area contributed by atoms with Gasteiger partial charge in [-0.1, -0.05) is 109 Å². The molecule has 14 heteroatoms. The van der Waals surface area contributed by atoms with E-state index in [1.165, 1.54) is 16.7 Å². The number of anilines is 2. The molecule has 3 N–H and O–H groups in total. The zero-order chi connectivity index (χ0) is 47.9. The summed E-state index contributed by atoms with van der Waals surface area (Å²) in [6, 6.07) is 47.3. The van der Waals surface area contributed by atoms with Crippen LogP contribution < -0.4 is 10.2 Å². The number of fused-ring (bicyclic) bond motifs is 5. The average Bonchev–Trinajstić information content (AvgIpc) is 3.98. The average molecular weight is 897 g/mol. The van der Waals surface area contributed by atoms with Gasteiger partial charge in [-0.3, -0.25) is 28.8 Å². The van der Waals surface area contributed by atoms with Crippen molar-refractivity contribution in [3.05, 3.63) is 203 Å². The van der Waals surface area contributed by atoms with Gasteiger partial charge in [0.25, 0.3) is 17.7 Å². The zero-order valence-corrected chi connectivity index (χ0v) is 35.7. The number of amides is 3. The monoisotopic (exact) mass is 896 g/mol. The maximum absolute atomic E-state index is 13.5. The van der Waals surface area contributed by atoms with Crippen LogP contribution in [0.2, 0.25) is 0 Å². The van der Waals surface area contributed by atoms with Gasteiger partial charge in [-0.05, 0) is 65.7 Å². The molecular formula is C54H36N6O8. The van der Waals surface area contributed by atoms with Crippen molar-refractivity contribution in [3.63, 3.8) is 0 Å². The van der Waals surface area contributed by atoms with Gasteiger partial charge in [0.15, 0.2) is 5.78 Å². The van der Waals surface area contributed by atoms with Gasteiger partial charge in [0.05, 0.1) is 16.9 Å². The molecule has 0 unspecified atom stereocenters. The largest absolute Gasteiger partial charge is 0.480 e. The number of hydrogen-bond acceptors (Lipinski definition) is 8. The summed E-state index contributed by atoms with van der Waals surface area (Å²) in [5.74, 6) is -4.20. The summed E-state index contributed by atoms with van der Waals surface area (Å²) in [6.45, 7) is -0.520. The van der Waals surface area contributed by atoms with E-state index < -0.39 is 29.7 Å². The summed E-state index contributed by atoms with van der Waals surface area (Å²) in [7, 11) is 0. The third-order valence-corrected chi connectivity index (χ3v) is 11.0. The first kappa shape index (κ1) is 44.7. The molecule has 3 amide bonds. The van der Waals surface area contributed by atoms with Crippen LogP contribution in [0.4, 0.5) is 11.4 Å². The third-order valence-electron chi connectivity index (χ3n) is 11.0. The smallest absolute Gasteiger partial charge is 0.323 e. The highest BCUT2D eigenvalue weighted by atomic mass is 16.4. The molecule has 0 radical (unpaired) electrons. The fourth-order valence-corrected chi connectivity index (χ4v) is 8.03. The van der Waals surface area contributed by atoms with Crippen molar-refractivity contribution in [2.75, 3.05) is 10.2 Å². The Balaban J connectivity index is 0.000000184. The molecule has 1 aliphatic carbocycles. The number of benzene rings is 6. The Labute approximate surface area is 387 Å². The second-order valence-corrected chi connectivity index (χ2v) is 15.3. The summed E-state index contributed by atoms with van der Waals surface area (Å²) < 4.78 is 3.09. The van der Waals surface area contributed by atoms with Crippen molar-refractivity contribution >= 4 is 80.8 Å². The van der Waals surface area contributed by atoms with Crippen molar-refractivity contribution in [3.8, 4) is 23.3 Å². The van der Waals surface area contributed by atoms with Crippen molar-refractivity contribution < 1.29 is 39.0 Å². The molecule has 6 aromatic carbocycles. The van der Waals surface area contributed by atoms with Crippen LogP contribution in [0.5, 0.6) is 0 Å². The second kappa shape index (κ2) is 19.4. The number of nitrogens with one attached hydrogen (secondary N) is 1. The van der Waals surface area contributed by atoms with E-state index in [0.29, 0.717) is 55.6 Å². The van der Waals surface area contributed by atoms with E-state index in [9.17, 15) is 49.5 Å². The number of hydrogen-bond donors (Lipinski definition) is 3. The third kappa shape index (κ3) is 9.05. The number of aliphatic carboxylic acids is 2. The highest BCUT2D eigenvalue weighted by molar-refractivity contribution is 6.28. The first-order chi connectivity index (χ1) is 33.0. The molecule has 0 fully saturated rings. The fraction of sp³-hybridized carbons (Fsp3) is 0.0370. The maximum Gasteiger partial charge on any atom is 0.323 e. The molecule has 14 nitrogen and oxygen atoms in total. The van der Waals surface area contributed by atoms with Crippen LogP contribution in [0.3, 0.4) is 0 Å². The minimum absolute atomic E-state index is 0.168. The van der Waals surface area contributed by atoms with Gasteiger partial charge in [-0.15, -0.1) is 0 Å². The molecule has 0 bridgehead atoms. The lowest BCUT2D eigenvalue weighted by Crippen LogP contribution is -2.37. The summed E-state index contributed by atoms with van der Waals surface area (Å²) in [5, 5.41) is 42.1. The molecule has 2 heterocycles. The van der Waals surface area contributed by atoms with Crippen LogP contribution in [-0.4, -0.2) is 54.8 Å². The SMILES string of the molecule is N#CC(=Cc1cn(CC(=O)O)c2ccccc12)C(=O)N(C(=O)c1ccccc1)c1ccccc1.N#CC(=Cc1cn(CC(=O)O)c2ccccc12)C(=O)Nc1cccc2c1C(=O)c1ccccc1-2. The van der Waals surface area contributed by atoms with Crippen LogP contribution >= 0.6 is 0 Å². The Morgan fingerprint density at radius 2 is 1.06 bits per heavy atom. The Hall–Kier alpha value is -9.92. The van der Waals surface area contributed by atoms with Crippen molar-refractivity contribution in [1.82, 2.24) is 9.13 Å². The number of para-hydroxylation sites is 3. The van der Waals surface area contributed by atoms with Crippen molar-refractivity contribution in [2.24, 2.45) is 0 Å². The summed E-state index contributed by atoms with van der Waals surface area (Å²) in [5.41, 5.74) is 5.42. The standard InChI is InChI=1S/C27H17N3O4.C27H19N3O4/c28-13-16(12-17-14-30(15-24(31)32)23-11-4-3-6-18(17)23)27(34)29-22-10-5-9-20-19-7-1-2-8-21(19)26(33)25(20)22;28-16-20(15-21-17-29(18-25(31)32)24-14-8-7-13-23(21)24)27(34)30(22-11-5-2-6-12-22)26(33)19-9-3-1-4-10-19/h1-12,14H,15H2,(H,29,34)(H,31,32);1-15,17H,18H2,(H,31,32). The quantitative estimate of drug-likeness (QED) is 0.0827. The van der Waals surface area contributed by atoms with Gasteiger partial charge in [-0.2, -0.15) is 10.5 Å². The first-order valence-corrected chi connectivity index (χ1v) is 20.9. The molecule has 0 saturated heterocycles. The molecule has 68 heavy (non-hydrogen) atoms. The van der Waals surface area contributed by atoms with E-state index in [-0.39, 0.29) is 30.0 Å². The van der Waals surface area contributed by atoms with Gasteiger partial charge in [0.2, 0.25) is 0 Å². The Morgan fingerprint density at radius 3 is 1.62 bits per heavy atom. The minimum Gasteiger partial charge on any atom is -0.480 e. The van der Waals surface area contributed by atoms with E-state index >= 15 is 0 Å². The van der Waals surface area contributed by atoms with E-state index in [0.717, 1.165) is 21.4 Å². The second-order valence-electron chi connectivity index (χ2n) is 15.3. The topological polar surface area (TPSA) is 216 Å². The Morgan fingerprint density at radius 1 is 0.574 bits per heavy atom. The number of nitriles is 2. The molecule has 330 valence electrons. The molecular weight excluding hydrogens is 861 g/mol. The number of carbonyl (C=O) groups is 6. The lowest BCUT2D eigenvalue weighted by Gasteiger charge is -2.20. The lowest BCUT2D eigenvalue weighted by molar-refractivity contribution is -0.138. The summed E-state index contributed by atoms with van der Waals surface area (Å²) in [6.07, 6.45) is 5.99.